The van der Waals surface area contributed by atoms with Crippen molar-refractivity contribution in [2.45, 2.75) is 45.3 Å². The molecule has 0 unspecified atom stereocenters. The van der Waals surface area contributed by atoms with Crippen molar-refractivity contribution in [3.8, 4) is 5.75 Å². The summed E-state index contributed by atoms with van der Waals surface area (Å²) >= 11 is 0. The standard InChI is InChI=1S/C17H23NO5/c1-16(2,3)23-15(21)17(14(19)20)8-7-10-9-11(22-4)5-6-12(10)13(17)18/h5-6,9,13H,7-8,18H2,1-4H3,(H,19,20)/t13-,17+/m0/s1. The Morgan fingerprint density at radius 3 is 2.52 bits per heavy atom. The highest BCUT2D eigenvalue weighted by molar-refractivity contribution is 6.00. The summed E-state index contributed by atoms with van der Waals surface area (Å²) in [5.41, 5.74) is 5.21. The van der Waals surface area contributed by atoms with Gasteiger partial charge in [0.25, 0.3) is 0 Å². The van der Waals surface area contributed by atoms with Crippen LogP contribution in [-0.4, -0.2) is 29.8 Å². The van der Waals surface area contributed by atoms with E-state index in [-0.39, 0.29) is 6.42 Å². The van der Waals surface area contributed by atoms with Crippen molar-refractivity contribution in [3.05, 3.63) is 29.3 Å². The highest BCUT2D eigenvalue weighted by Gasteiger charge is 2.56. The number of methoxy groups -OCH3 is 1. The van der Waals surface area contributed by atoms with Gasteiger partial charge >= 0.3 is 11.9 Å². The smallest absolute Gasteiger partial charge is 0.326 e. The number of carboxylic acids is 1. The summed E-state index contributed by atoms with van der Waals surface area (Å²) in [7, 11) is 1.56. The summed E-state index contributed by atoms with van der Waals surface area (Å²) in [5, 5.41) is 9.75. The summed E-state index contributed by atoms with van der Waals surface area (Å²) in [6.45, 7) is 5.11. The van der Waals surface area contributed by atoms with Gasteiger partial charge in [-0.2, -0.15) is 0 Å². The SMILES string of the molecule is COc1ccc2c(c1)CC[C@@](C(=O)O)(C(=O)OC(C)(C)C)[C@H]2N. The van der Waals surface area contributed by atoms with E-state index in [0.717, 1.165) is 5.56 Å². The molecule has 0 bridgehead atoms. The molecule has 6 nitrogen and oxygen atoms in total. The van der Waals surface area contributed by atoms with E-state index < -0.39 is 29.0 Å². The molecule has 0 radical (unpaired) electrons. The van der Waals surface area contributed by atoms with Gasteiger partial charge in [0.05, 0.1) is 13.2 Å². The third-order valence-corrected chi connectivity index (χ3v) is 4.15. The lowest BCUT2D eigenvalue weighted by Crippen LogP contribution is -2.52. The predicted molar refractivity (Wildman–Crippen MR) is 84.2 cm³/mol. The van der Waals surface area contributed by atoms with Gasteiger partial charge in [0, 0.05) is 0 Å². The zero-order chi connectivity index (χ0) is 17.4. The van der Waals surface area contributed by atoms with E-state index in [1.54, 1.807) is 40.0 Å². The van der Waals surface area contributed by atoms with Crippen LogP contribution in [0.15, 0.2) is 18.2 Å². The Labute approximate surface area is 135 Å². The number of hydrogen-bond acceptors (Lipinski definition) is 5. The Morgan fingerprint density at radius 1 is 1.35 bits per heavy atom. The fourth-order valence-electron chi connectivity index (χ4n) is 2.91. The molecule has 0 saturated heterocycles. The normalized spacial score (nSPS) is 23.8. The van der Waals surface area contributed by atoms with Crippen LogP contribution >= 0.6 is 0 Å². The number of hydrogen-bond donors (Lipinski definition) is 2. The Hall–Kier alpha value is -2.08. The van der Waals surface area contributed by atoms with Crippen LogP contribution in [0.1, 0.15) is 44.4 Å². The van der Waals surface area contributed by atoms with Gasteiger partial charge in [-0.3, -0.25) is 9.59 Å². The van der Waals surface area contributed by atoms with Gasteiger partial charge in [-0.15, -0.1) is 0 Å². The second kappa shape index (κ2) is 5.85. The van der Waals surface area contributed by atoms with Crippen molar-refractivity contribution in [3.63, 3.8) is 0 Å². The molecule has 0 fully saturated rings. The number of nitrogens with two attached hydrogens (primary N) is 1. The van der Waals surface area contributed by atoms with E-state index in [2.05, 4.69) is 0 Å². The van der Waals surface area contributed by atoms with Gasteiger partial charge in [0.15, 0.2) is 5.41 Å². The van der Waals surface area contributed by atoms with Crippen molar-refractivity contribution < 1.29 is 24.2 Å². The monoisotopic (exact) mass is 321 g/mol. The second-order valence-corrected chi connectivity index (χ2v) is 6.82. The summed E-state index contributed by atoms with van der Waals surface area (Å²) < 4.78 is 10.5. The van der Waals surface area contributed by atoms with Crippen LogP contribution in [0.5, 0.6) is 5.75 Å². The van der Waals surface area contributed by atoms with Crippen LogP contribution in [0.25, 0.3) is 0 Å². The van der Waals surface area contributed by atoms with Crippen molar-refractivity contribution in [1.82, 2.24) is 0 Å². The number of carboxylic acid groups (broad SMARTS) is 1. The zero-order valence-electron chi connectivity index (χ0n) is 13.9. The van der Waals surface area contributed by atoms with Crippen LogP contribution < -0.4 is 10.5 Å². The minimum atomic E-state index is -1.77. The van der Waals surface area contributed by atoms with E-state index in [1.165, 1.54) is 0 Å². The molecule has 0 aromatic heterocycles. The van der Waals surface area contributed by atoms with Crippen LogP contribution in [0.4, 0.5) is 0 Å². The summed E-state index contributed by atoms with van der Waals surface area (Å²) in [5.74, 6) is -1.36. The van der Waals surface area contributed by atoms with Gasteiger partial charge in [-0.25, -0.2) is 0 Å². The molecule has 1 aliphatic rings. The molecule has 0 saturated carbocycles. The zero-order valence-corrected chi connectivity index (χ0v) is 13.9. The third kappa shape index (κ3) is 3.03. The Bertz CT molecular complexity index is 634. The fraction of sp³-hybridized carbons (Fsp3) is 0.529. The molecule has 0 amide bonds. The average Bonchev–Trinajstić information content (AvgIpc) is 2.45. The molecule has 0 spiro atoms. The molecule has 2 rings (SSSR count). The number of aryl methyl sites for hydroxylation is 1. The summed E-state index contributed by atoms with van der Waals surface area (Å²) in [6.07, 6.45) is 0.518. The van der Waals surface area contributed by atoms with Crippen molar-refractivity contribution in [2.24, 2.45) is 11.1 Å². The molecule has 3 N–H and O–H groups in total. The van der Waals surface area contributed by atoms with E-state index >= 15 is 0 Å². The molecule has 23 heavy (non-hydrogen) atoms. The highest BCUT2D eigenvalue weighted by atomic mass is 16.6. The molecule has 0 aliphatic heterocycles. The average molecular weight is 321 g/mol. The summed E-state index contributed by atoms with van der Waals surface area (Å²) in [6, 6.07) is 4.30. The maximum atomic E-state index is 12.6. The number of carbonyl (C=O) groups is 2. The van der Waals surface area contributed by atoms with Crippen LogP contribution in [0, 0.1) is 5.41 Å². The Morgan fingerprint density at radius 2 is 2.00 bits per heavy atom. The first-order chi connectivity index (χ1) is 10.6. The first-order valence-electron chi connectivity index (χ1n) is 7.51. The molecule has 1 aliphatic carbocycles. The molecule has 2 atom stereocenters. The van der Waals surface area contributed by atoms with E-state index in [0.29, 0.717) is 17.7 Å². The maximum Gasteiger partial charge on any atom is 0.326 e. The lowest BCUT2D eigenvalue weighted by molar-refractivity contribution is -0.180. The van der Waals surface area contributed by atoms with Crippen molar-refractivity contribution in [2.75, 3.05) is 7.11 Å². The molecule has 1 aromatic carbocycles. The van der Waals surface area contributed by atoms with E-state index in [1.807, 2.05) is 6.07 Å². The van der Waals surface area contributed by atoms with Gasteiger partial charge < -0.3 is 20.3 Å². The first-order valence-corrected chi connectivity index (χ1v) is 7.51. The number of ether oxygens (including phenoxy) is 2. The number of rotatable bonds is 3. The topological polar surface area (TPSA) is 98.8 Å². The van der Waals surface area contributed by atoms with Gasteiger partial charge in [0.2, 0.25) is 0 Å². The third-order valence-electron chi connectivity index (χ3n) is 4.15. The number of esters is 1. The first kappa shape index (κ1) is 17.3. The van der Waals surface area contributed by atoms with Gasteiger partial charge in [0.1, 0.15) is 11.4 Å². The highest BCUT2D eigenvalue weighted by Crippen LogP contribution is 2.45. The van der Waals surface area contributed by atoms with E-state index in [9.17, 15) is 14.7 Å². The molecular weight excluding hydrogens is 298 g/mol. The van der Waals surface area contributed by atoms with Crippen LogP contribution in [0.3, 0.4) is 0 Å². The maximum absolute atomic E-state index is 12.6. The number of fused-ring (bicyclic) bond motifs is 1. The number of aliphatic carboxylic acids is 1. The Kier molecular flexibility index (Phi) is 4.39. The summed E-state index contributed by atoms with van der Waals surface area (Å²) in [4.78, 5) is 24.6. The molecule has 126 valence electrons. The number of benzene rings is 1. The molecule has 0 heterocycles. The second-order valence-electron chi connectivity index (χ2n) is 6.82. The van der Waals surface area contributed by atoms with Crippen molar-refractivity contribution in [1.29, 1.82) is 0 Å². The van der Waals surface area contributed by atoms with Crippen LogP contribution in [-0.2, 0) is 20.7 Å². The fourth-order valence-corrected chi connectivity index (χ4v) is 2.91. The molecule has 1 aromatic rings. The lowest BCUT2D eigenvalue weighted by atomic mass is 9.68. The largest absolute Gasteiger partial charge is 0.497 e. The minimum Gasteiger partial charge on any atom is -0.497 e. The lowest BCUT2D eigenvalue weighted by Gasteiger charge is -2.39. The van der Waals surface area contributed by atoms with Crippen LogP contribution in [0.2, 0.25) is 0 Å². The van der Waals surface area contributed by atoms with Gasteiger partial charge in [-0.05, 0) is 56.9 Å². The minimum absolute atomic E-state index is 0.0958. The number of carbonyl (C=O) groups excluding carboxylic acids is 1. The Balaban J connectivity index is 2.46. The molecule has 6 heteroatoms. The van der Waals surface area contributed by atoms with Crippen molar-refractivity contribution >= 4 is 11.9 Å². The van der Waals surface area contributed by atoms with Gasteiger partial charge in [-0.1, -0.05) is 6.07 Å². The quantitative estimate of drug-likeness (QED) is 0.653. The van der Waals surface area contributed by atoms with E-state index in [4.69, 9.17) is 15.2 Å². The molecular formula is C17H23NO5. The predicted octanol–water partition coefficient (Wildman–Crippen LogP) is 2.05.